The third-order valence-corrected chi connectivity index (χ3v) is 6.63. The summed E-state index contributed by atoms with van der Waals surface area (Å²) >= 11 is 0. The lowest BCUT2D eigenvalue weighted by atomic mass is 9.85. The van der Waals surface area contributed by atoms with Gasteiger partial charge in [0.2, 0.25) is 0 Å². The van der Waals surface area contributed by atoms with Crippen LogP contribution in [-0.2, 0) is 4.74 Å². The zero-order valence-corrected chi connectivity index (χ0v) is 16.0. The third-order valence-electron chi connectivity index (χ3n) is 6.63. The average Bonchev–Trinajstić information content (AvgIpc) is 2.60. The van der Waals surface area contributed by atoms with Gasteiger partial charge in [-0.2, -0.15) is 0 Å². The van der Waals surface area contributed by atoms with Gasteiger partial charge >= 0.3 is 0 Å². The van der Waals surface area contributed by atoms with Crippen LogP contribution in [0.25, 0.3) is 0 Å². The highest BCUT2D eigenvalue weighted by Crippen LogP contribution is 2.33. The summed E-state index contributed by atoms with van der Waals surface area (Å²) in [6.45, 7) is 9.44. The van der Waals surface area contributed by atoms with Crippen LogP contribution < -0.4 is 4.90 Å². The Balaban J connectivity index is 1.17. The highest BCUT2D eigenvalue weighted by molar-refractivity contribution is 5.47. The van der Waals surface area contributed by atoms with E-state index in [0.29, 0.717) is 12.2 Å². The molecular weight excluding hydrogens is 308 g/mol. The number of hydrogen-bond acceptors (Lipinski definition) is 3. The van der Waals surface area contributed by atoms with Crippen molar-refractivity contribution in [3.05, 3.63) is 29.8 Å². The van der Waals surface area contributed by atoms with Crippen molar-refractivity contribution in [3.8, 4) is 0 Å². The molecule has 138 valence electrons. The summed E-state index contributed by atoms with van der Waals surface area (Å²) in [5.74, 6) is 0.932. The monoisotopic (exact) mass is 342 g/mol. The van der Waals surface area contributed by atoms with E-state index < -0.39 is 0 Å². The van der Waals surface area contributed by atoms with Gasteiger partial charge in [0.05, 0.1) is 12.2 Å². The maximum atomic E-state index is 6.42. The number of aryl methyl sites for hydroxylation is 1. The molecule has 3 aliphatic rings. The van der Waals surface area contributed by atoms with Gasteiger partial charge in [0.25, 0.3) is 0 Å². The first-order valence-electron chi connectivity index (χ1n) is 10.4. The predicted octanol–water partition coefficient (Wildman–Crippen LogP) is 4.24. The van der Waals surface area contributed by atoms with Crippen LogP contribution in [0.5, 0.6) is 0 Å². The maximum absolute atomic E-state index is 6.42. The summed E-state index contributed by atoms with van der Waals surface area (Å²) in [6.07, 6.45) is 8.68. The molecule has 1 aromatic carbocycles. The fourth-order valence-corrected chi connectivity index (χ4v) is 4.62. The van der Waals surface area contributed by atoms with Crippen LogP contribution in [0.15, 0.2) is 24.3 Å². The van der Waals surface area contributed by atoms with Crippen LogP contribution >= 0.6 is 0 Å². The zero-order valence-electron chi connectivity index (χ0n) is 16.0. The topological polar surface area (TPSA) is 15.7 Å². The van der Waals surface area contributed by atoms with Crippen molar-refractivity contribution in [1.29, 1.82) is 0 Å². The number of rotatable bonds is 4. The fraction of sp³-hybridized carbons (Fsp3) is 0.727. The molecule has 0 atom stereocenters. The lowest BCUT2D eigenvalue weighted by Crippen LogP contribution is -2.52. The highest BCUT2D eigenvalue weighted by atomic mass is 16.5. The van der Waals surface area contributed by atoms with E-state index in [2.05, 4.69) is 47.9 Å². The van der Waals surface area contributed by atoms with Gasteiger partial charge < -0.3 is 14.5 Å². The Morgan fingerprint density at radius 3 is 2.12 bits per heavy atom. The SMILES string of the molecule is Cc1ccc(N2CCC(OC3CC(N4CCC(C)CC4)C3)CC2)cc1. The van der Waals surface area contributed by atoms with Gasteiger partial charge in [-0.3, -0.25) is 0 Å². The second kappa shape index (κ2) is 7.67. The zero-order chi connectivity index (χ0) is 17.2. The maximum Gasteiger partial charge on any atom is 0.0612 e. The third kappa shape index (κ3) is 4.20. The van der Waals surface area contributed by atoms with Crippen LogP contribution in [-0.4, -0.2) is 49.3 Å². The molecule has 0 bridgehead atoms. The van der Waals surface area contributed by atoms with E-state index in [-0.39, 0.29) is 0 Å². The number of piperidine rings is 2. The van der Waals surface area contributed by atoms with Crippen molar-refractivity contribution in [3.63, 3.8) is 0 Å². The molecule has 0 spiro atoms. The van der Waals surface area contributed by atoms with E-state index in [1.54, 1.807) is 0 Å². The van der Waals surface area contributed by atoms with E-state index >= 15 is 0 Å². The van der Waals surface area contributed by atoms with Crippen LogP contribution in [0.4, 0.5) is 5.69 Å². The van der Waals surface area contributed by atoms with Crippen molar-refractivity contribution in [1.82, 2.24) is 4.90 Å². The smallest absolute Gasteiger partial charge is 0.0612 e. The molecule has 2 saturated heterocycles. The first kappa shape index (κ1) is 17.4. The summed E-state index contributed by atoms with van der Waals surface area (Å²) in [5, 5.41) is 0. The quantitative estimate of drug-likeness (QED) is 0.814. The van der Waals surface area contributed by atoms with Crippen molar-refractivity contribution >= 4 is 5.69 Å². The summed E-state index contributed by atoms with van der Waals surface area (Å²) in [6, 6.07) is 9.76. The molecule has 3 heteroatoms. The number of anilines is 1. The molecule has 25 heavy (non-hydrogen) atoms. The van der Waals surface area contributed by atoms with Crippen molar-refractivity contribution in [2.75, 3.05) is 31.1 Å². The summed E-state index contributed by atoms with van der Waals surface area (Å²) in [7, 11) is 0. The van der Waals surface area contributed by atoms with Crippen LogP contribution in [0.3, 0.4) is 0 Å². The van der Waals surface area contributed by atoms with Gasteiger partial charge in [-0.25, -0.2) is 0 Å². The van der Waals surface area contributed by atoms with Gasteiger partial charge in [-0.15, -0.1) is 0 Å². The number of benzene rings is 1. The Morgan fingerprint density at radius 2 is 1.48 bits per heavy atom. The molecule has 1 saturated carbocycles. The van der Waals surface area contributed by atoms with Crippen molar-refractivity contribution < 1.29 is 4.74 Å². The molecular formula is C22H34N2O. The van der Waals surface area contributed by atoms with E-state index in [0.717, 1.165) is 25.0 Å². The molecule has 0 N–H and O–H groups in total. The van der Waals surface area contributed by atoms with E-state index in [1.807, 2.05) is 0 Å². The van der Waals surface area contributed by atoms with Gasteiger partial charge in [0, 0.05) is 24.8 Å². The number of hydrogen-bond donors (Lipinski definition) is 0. The molecule has 0 amide bonds. The summed E-state index contributed by atoms with van der Waals surface area (Å²) < 4.78 is 6.42. The molecule has 3 fully saturated rings. The van der Waals surface area contributed by atoms with E-state index in [9.17, 15) is 0 Å². The Morgan fingerprint density at radius 1 is 0.840 bits per heavy atom. The fourth-order valence-electron chi connectivity index (χ4n) is 4.62. The Kier molecular flexibility index (Phi) is 5.33. The molecule has 0 aromatic heterocycles. The van der Waals surface area contributed by atoms with Crippen molar-refractivity contribution in [2.24, 2.45) is 5.92 Å². The van der Waals surface area contributed by atoms with Gasteiger partial charge in [-0.05, 0) is 76.6 Å². The lowest BCUT2D eigenvalue weighted by molar-refractivity contribution is -0.0975. The second-order valence-electron chi connectivity index (χ2n) is 8.62. The Hall–Kier alpha value is -1.06. The minimum atomic E-state index is 0.481. The van der Waals surface area contributed by atoms with Crippen molar-refractivity contribution in [2.45, 2.75) is 70.6 Å². The summed E-state index contributed by atoms with van der Waals surface area (Å²) in [4.78, 5) is 5.23. The number of likely N-dealkylation sites (tertiary alicyclic amines) is 1. The highest BCUT2D eigenvalue weighted by Gasteiger charge is 2.37. The van der Waals surface area contributed by atoms with Crippen LogP contribution in [0, 0.1) is 12.8 Å². The van der Waals surface area contributed by atoms with Gasteiger partial charge in [0.15, 0.2) is 0 Å². The molecule has 3 nitrogen and oxygen atoms in total. The predicted molar refractivity (Wildman–Crippen MR) is 104 cm³/mol. The lowest BCUT2D eigenvalue weighted by Gasteiger charge is -2.46. The van der Waals surface area contributed by atoms with Gasteiger partial charge in [0.1, 0.15) is 0 Å². The molecule has 1 aromatic rings. The van der Waals surface area contributed by atoms with E-state index in [1.165, 1.54) is 62.9 Å². The minimum absolute atomic E-state index is 0.481. The minimum Gasteiger partial charge on any atom is -0.375 e. The summed E-state index contributed by atoms with van der Waals surface area (Å²) in [5.41, 5.74) is 2.71. The second-order valence-corrected chi connectivity index (χ2v) is 8.62. The standard InChI is InChI=1S/C22H34N2O/c1-17-3-5-19(6-4-17)23-13-9-21(10-14-23)25-22-15-20(16-22)24-11-7-18(2)8-12-24/h3-6,18,20-22H,7-16H2,1-2H3. The number of ether oxygens (including phenoxy) is 1. The first-order chi connectivity index (χ1) is 12.2. The van der Waals surface area contributed by atoms with E-state index in [4.69, 9.17) is 4.74 Å². The molecule has 4 rings (SSSR count). The van der Waals surface area contributed by atoms with Gasteiger partial charge in [-0.1, -0.05) is 24.6 Å². The molecule has 0 unspecified atom stereocenters. The molecule has 2 heterocycles. The average molecular weight is 343 g/mol. The Bertz CT molecular complexity index is 536. The van der Waals surface area contributed by atoms with Crippen LogP contribution in [0.1, 0.15) is 51.0 Å². The Labute approximate surface area is 153 Å². The largest absolute Gasteiger partial charge is 0.375 e. The molecule has 2 aliphatic heterocycles. The normalized spacial score (nSPS) is 29.6. The first-order valence-corrected chi connectivity index (χ1v) is 10.4. The molecule has 0 radical (unpaired) electrons. The van der Waals surface area contributed by atoms with Crippen LogP contribution in [0.2, 0.25) is 0 Å². The molecule has 1 aliphatic carbocycles. The number of nitrogens with zero attached hydrogens (tertiary/aromatic N) is 2.